The number of rotatable bonds is 6. The van der Waals surface area contributed by atoms with Crippen LogP contribution in [0.25, 0.3) is 11.5 Å². The van der Waals surface area contributed by atoms with Crippen LogP contribution in [0.2, 0.25) is 0 Å². The molecule has 25 heavy (non-hydrogen) atoms. The van der Waals surface area contributed by atoms with Crippen molar-refractivity contribution in [1.29, 1.82) is 5.26 Å². The van der Waals surface area contributed by atoms with Gasteiger partial charge in [-0.15, -0.1) is 16.8 Å². The average Bonchev–Trinajstić information content (AvgIpc) is 3.05. The van der Waals surface area contributed by atoms with E-state index < -0.39 is 0 Å². The summed E-state index contributed by atoms with van der Waals surface area (Å²) in [6.07, 6.45) is 6.72. The van der Waals surface area contributed by atoms with Crippen LogP contribution >= 0.6 is 11.8 Å². The Morgan fingerprint density at radius 3 is 2.96 bits per heavy atom. The number of nitriles is 1. The van der Waals surface area contributed by atoms with Crippen molar-refractivity contribution in [1.82, 2.24) is 24.7 Å². The largest absolute Gasteiger partial charge is 0.297 e. The van der Waals surface area contributed by atoms with E-state index in [0.29, 0.717) is 23.6 Å². The maximum Gasteiger partial charge on any atom is 0.192 e. The van der Waals surface area contributed by atoms with Crippen LogP contribution in [0.4, 0.5) is 0 Å². The molecule has 124 valence electrons. The molecule has 2 heterocycles. The molecule has 0 amide bonds. The van der Waals surface area contributed by atoms with Gasteiger partial charge in [0, 0.05) is 24.2 Å². The summed E-state index contributed by atoms with van der Waals surface area (Å²) in [4.78, 5) is 8.39. The molecule has 0 N–H and O–H groups in total. The van der Waals surface area contributed by atoms with Crippen molar-refractivity contribution in [3.63, 3.8) is 0 Å². The van der Waals surface area contributed by atoms with Crippen LogP contribution in [-0.4, -0.2) is 24.7 Å². The van der Waals surface area contributed by atoms with E-state index >= 15 is 0 Å². The highest BCUT2D eigenvalue weighted by molar-refractivity contribution is 7.99. The van der Waals surface area contributed by atoms with E-state index in [-0.39, 0.29) is 5.25 Å². The number of benzene rings is 1. The van der Waals surface area contributed by atoms with E-state index in [4.69, 9.17) is 5.26 Å². The Bertz CT molecular complexity index is 913. The second kappa shape index (κ2) is 7.73. The molecule has 0 saturated heterocycles. The minimum Gasteiger partial charge on any atom is -0.297 e. The van der Waals surface area contributed by atoms with Crippen molar-refractivity contribution in [3.8, 4) is 17.6 Å². The van der Waals surface area contributed by atoms with Gasteiger partial charge in [-0.2, -0.15) is 5.26 Å². The number of allylic oxidation sites excluding steroid dienone is 1. The van der Waals surface area contributed by atoms with Gasteiger partial charge in [-0.25, -0.2) is 4.98 Å². The zero-order chi connectivity index (χ0) is 17.6. The first kappa shape index (κ1) is 16.9. The van der Waals surface area contributed by atoms with E-state index in [0.717, 1.165) is 10.7 Å². The predicted octanol–water partition coefficient (Wildman–Crippen LogP) is 3.65. The van der Waals surface area contributed by atoms with Crippen LogP contribution in [0.5, 0.6) is 0 Å². The summed E-state index contributed by atoms with van der Waals surface area (Å²) >= 11 is 1.58. The van der Waals surface area contributed by atoms with Crippen LogP contribution < -0.4 is 0 Å². The Balaban J connectivity index is 1.91. The van der Waals surface area contributed by atoms with Crippen molar-refractivity contribution < 1.29 is 0 Å². The topological polar surface area (TPSA) is 80.3 Å². The molecule has 0 aliphatic rings. The quantitative estimate of drug-likeness (QED) is 0.500. The fourth-order valence-electron chi connectivity index (χ4n) is 2.36. The lowest BCUT2D eigenvalue weighted by molar-refractivity contribution is 0.727. The lowest BCUT2D eigenvalue weighted by atomic mass is 10.1. The first-order valence-corrected chi connectivity index (χ1v) is 8.58. The predicted molar refractivity (Wildman–Crippen MR) is 96.7 cm³/mol. The van der Waals surface area contributed by atoms with Gasteiger partial charge >= 0.3 is 0 Å². The standard InChI is InChI=1S/C18H16N6S/c1-3-9-24-17(16-12-20-7-8-21-16)22-23-18(24)25-13(2)15-6-4-5-14(10-15)11-19/h3-8,10,12-13H,1,9H2,2H3/t13-/m0/s1. The van der Waals surface area contributed by atoms with Gasteiger partial charge in [0.15, 0.2) is 11.0 Å². The Kier molecular flexibility index (Phi) is 5.21. The Morgan fingerprint density at radius 1 is 1.36 bits per heavy atom. The Labute approximate surface area is 150 Å². The Morgan fingerprint density at radius 2 is 2.24 bits per heavy atom. The molecule has 3 aromatic rings. The highest BCUT2D eigenvalue weighted by atomic mass is 32.2. The molecular formula is C18H16N6S. The molecule has 6 nitrogen and oxygen atoms in total. The lowest BCUT2D eigenvalue weighted by Crippen LogP contribution is -2.02. The van der Waals surface area contributed by atoms with Crippen molar-refractivity contribution in [2.45, 2.75) is 23.9 Å². The van der Waals surface area contributed by atoms with Gasteiger partial charge < -0.3 is 0 Å². The monoisotopic (exact) mass is 348 g/mol. The number of aromatic nitrogens is 5. The molecule has 0 unspecified atom stereocenters. The van der Waals surface area contributed by atoms with E-state index in [1.54, 1.807) is 42.5 Å². The molecule has 7 heteroatoms. The van der Waals surface area contributed by atoms with Crippen LogP contribution in [0, 0.1) is 11.3 Å². The van der Waals surface area contributed by atoms with Gasteiger partial charge in [0.25, 0.3) is 0 Å². The summed E-state index contributed by atoms with van der Waals surface area (Å²) in [5.41, 5.74) is 2.39. The molecule has 3 rings (SSSR count). The maximum absolute atomic E-state index is 9.07. The summed E-state index contributed by atoms with van der Waals surface area (Å²) in [7, 11) is 0. The third kappa shape index (κ3) is 3.75. The lowest BCUT2D eigenvalue weighted by Gasteiger charge is -2.12. The third-order valence-corrected chi connectivity index (χ3v) is 4.73. The van der Waals surface area contributed by atoms with Gasteiger partial charge in [-0.3, -0.25) is 9.55 Å². The number of hydrogen-bond donors (Lipinski definition) is 0. The molecule has 0 radical (unpaired) electrons. The summed E-state index contributed by atoms with van der Waals surface area (Å²) < 4.78 is 1.96. The molecule has 0 saturated carbocycles. The number of hydrogen-bond acceptors (Lipinski definition) is 6. The molecule has 2 aromatic heterocycles. The maximum atomic E-state index is 9.07. The summed E-state index contributed by atoms with van der Waals surface area (Å²) in [5, 5.41) is 18.6. The molecule has 0 aliphatic heterocycles. The molecule has 1 atom stereocenters. The molecule has 0 aliphatic carbocycles. The summed E-state index contributed by atoms with van der Waals surface area (Å²) in [6, 6.07) is 9.77. The SMILES string of the molecule is C=CCn1c(S[C@@H](C)c2cccc(C#N)c2)nnc1-c1cnccn1. The fraction of sp³-hybridized carbons (Fsp3) is 0.167. The first-order valence-electron chi connectivity index (χ1n) is 7.70. The van der Waals surface area contributed by atoms with Crippen molar-refractivity contribution >= 4 is 11.8 Å². The zero-order valence-corrected chi connectivity index (χ0v) is 14.5. The normalized spacial score (nSPS) is 11.7. The third-order valence-electron chi connectivity index (χ3n) is 3.59. The second-order valence-electron chi connectivity index (χ2n) is 5.29. The molecule has 1 aromatic carbocycles. The van der Waals surface area contributed by atoms with Gasteiger partial charge in [-0.1, -0.05) is 30.0 Å². The van der Waals surface area contributed by atoms with E-state index in [9.17, 15) is 0 Å². The van der Waals surface area contributed by atoms with Gasteiger partial charge in [-0.05, 0) is 24.6 Å². The molecule has 0 fully saturated rings. The van der Waals surface area contributed by atoms with Crippen molar-refractivity contribution in [3.05, 3.63) is 66.6 Å². The molecule has 0 bridgehead atoms. The van der Waals surface area contributed by atoms with E-state index in [1.165, 1.54) is 0 Å². The van der Waals surface area contributed by atoms with Crippen LogP contribution in [-0.2, 0) is 6.54 Å². The van der Waals surface area contributed by atoms with E-state index in [2.05, 4.69) is 39.7 Å². The number of nitrogens with zero attached hydrogens (tertiary/aromatic N) is 6. The molecular weight excluding hydrogens is 332 g/mol. The minimum absolute atomic E-state index is 0.121. The number of thioether (sulfide) groups is 1. The second-order valence-corrected chi connectivity index (χ2v) is 6.60. The van der Waals surface area contributed by atoms with Crippen molar-refractivity contribution in [2.75, 3.05) is 0 Å². The smallest absolute Gasteiger partial charge is 0.192 e. The van der Waals surface area contributed by atoms with Gasteiger partial charge in [0.1, 0.15) is 5.69 Å². The summed E-state index contributed by atoms with van der Waals surface area (Å²) in [6.45, 7) is 6.47. The summed E-state index contributed by atoms with van der Waals surface area (Å²) in [5.74, 6) is 0.661. The minimum atomic E-state index is 0.121. The molecule has 0 spiro atoms. The van der Waals surface area contributed by atoms with Gasteiger partial charge in [0.2, 0.25) is 0 Å². The highest BCUT2D eigenvalue weighted by Crippen LogP contribution is 2.35. The average molecular weight is 348 g/mol. The van der Waals surface area contributed by atoms with Crippen LogP contribution in [0.3, 0.4) is 0 Å². The highest BCUT2D eigenvalue weighted by Gasteiger charge is 2.18. The zero-order valence-electron chi connectivity index (χ0n) is 13.7. The van der Waals surface area contributed by atoms with Gasteiger partial charge in [0.05, 0.1) is 17.8 Å². The van der Waals surface area contributed by atoms with Crippen molar-refractivity contribution in [2.24, 2.45) is 0 Å². The fourth-order valence-corrected chi connectivity index (χ4v) is 3.34. The Hall–Kier alpha value is -2.98. The first-order chi connectivity index (χ1) is 12.2. The van der Waals surface area contributed by atoms with Crippen LogP contribution in [0.1, 0.15) is 23.3 Å². The van der Waals surface area contributed by atoms with E-state index in [1.807, 2.05) is 22.8 Å². The van der Waals surface area contributed by atoms with Crippen LogP contribution in [0.15, 0.2) is 60.7 Å².